The number of para-hydroxylation sites is 2. The summed E-state index contributed by atoms with van der Waals surface area (Å²) in [4.78, 5) is 44.1. The number of H-pyrrole nitrogens is 1. The minimum atomic E-state index is -1.02. The van der Waals surface area contributed by atoms with Gasteiger partial charge in [0.1, 0.15) is 11.9 Å². The van der Waals surface area contributed by atoms with Crippen molar-refractivity contribution in [2.24, 2.45) is 17.6 Å². The van der Waals surface area contributed by atoms with Crippen LogP contribution in [0.1, 0.15) is 52.4 Å². The molecule has 1 aromatic heterocycles. The summed E-state index contributed by atoms with van der Waals surface area (Å²) in [5.74, 6) is -0.622. The van der Waals surface area contributed by atoms with Crippen LogP contribution < -0.4 is 16.4 Å². The van der Waals surface area contributed by atoms with Gasteiger partial charge in [-0.05, 0) is 24.0 Å². The fourth-order valence-electron chi connectivity index (χ4n) is 2.96. The average Bonchev–Trinajstić information content (AvgIpc) is 3.00. The van der Waals surface area contributed by atoms with Gasteiger partial charge in [-0.3, -0.25) is 14.4 Å². The summed E-state index contributed by atoms with van der Waals surface area (Å²) in [6.45, 7) is 7.72. The number of hydrogen-bond acceptors (Lipinski definition) is 4. The SMILES string of the molecule is CC(C)CC(=O)N[C@H](CC(N)=O)C(=O)N[C@H](c1nc2ccccc2[nH]1)C(C)C. The Morgan fingerprint density at radius 3 is 2.32 bits per heavy atom. The predicted molar refractivity (Wildman–Crippen MR) is 107 cm³/mol. The van der Waals surface area contributed by atoms with Crippen molar-refractivity contribution in [2.75, 3.05) is 0 Å². The van der Waals surface area contributed by atoms with Gasteiger partial charge in [0.15, 0.2) is 0 Å². The standard InChI is InChI=1S/C20H29N5O3/c1-11(2)9-17(27)22-15(10-16(21)26)20(28)25-18(12(3)4)19-23-13-7-5-6-8-14(13)24-19/h5-8,11-12,15,18H,9-10H2,1-4H3,(H2,21,26)(H,22,27)(H,23,24)(H,25,28)/t15-,18+/m1/s1. The van der Waals surface area contributed by atoms with Crippen LogP contribution in [0.3, 0.4) is 0 Å². The normalized spacial score (nSPS) is 13.5. The Morgan fingerprint density at radius 2 is 1.75 bits per heavy atom. The van der Waals surface area contributed by atoms with Crippen LogP contribution in [0.15, 0.2) is 24.3 Å². The number of nitrogens with zero attached hydrogens (tertiary/aromatic N) is 1. The molecule has 1 heterocycles. The highest BCUT2D eigenvalue weighted by Gasteiger charge is 2.28. The Kier molecular flexibility index (Phi) is 7.14. The number of nitrogens with one attached hydrogen (secondary N) is 3. The number of carbonyl (C=O) groups is 3. The van der Waals surface area contributed by atoms with Gasteiger partial charge in [0, 0.05) is 6.42 Å². The minimum Gasteiger partial charge on any atom is -0.370 e. The Labute approximate surface area is 164 Å². The van der Waals surface area contributed by atoms with Crippen molar-refractivity contribution < 1.29 is 14.4 Å². The van der Waals surface area contributed by atoms with Crippen LogP contribution in [0.5, 0.6) is 0 Å². The quantitative estimate of drug-likeness (QED) is 0.522. The minimum absolute atomic E-state index is 0.0325. The van der Waals surface area contributed by atoms with E-state index in [0.717, 1.165) is 11.0 Å². The maximum absolute atomic E-state index is 12.8. The van der Waals surface area contributed by atoms with E-state index in [1.165, 1.54) is 0 Å². The van der Waals surface area contributed by atoms with Crippen LogP contribution in [0.4, 0.5) is 0 Å². The Bertz CT molecular complexity index is 810. The van der Waals surface area contributed by atoms with Crippen molar-refractivity contribution in [1.82, 2.24) is 20.6 Å². The molecule has 0 saturated carbocycles. The van der Waals surface area contributed by atoms with Crippen molar-refractivity contribution in [3.8, 4) is 0 Å². The number of nitrogens with two attached hydrogens (primary N) is 1. The topological polar surface area (TPSA) is 130 Å². The first kappa shape index (κ1) is 21.4. The van der Waals surface area contributed by atoms with Gasteiger partial charge in [-0.25, -0.2) is 4.98 Å². The van der Waals surface area contributed by atoms with Gasteiger partial charge in [0.2, 0.25) is 17.7 Å². The molecule has 5 N–H and O–H groups in total. The Hall–Kier alpha value is -2.90. The van der Waals surface area contributed by atoms with Gasteiger partial charge < -0.3 is 21.4 Å². The van der Waals surface area contributed by atoms with Crippen LogP contribution in [-0.2, 0) is 14.4 Å². The number of amides is 3. The lowest BCUT2D eigenvalue weighted by molar-refractivity contribution is -0.132. The van der Waals surface area contributed by atoms with Gasteiger partial charge in [-0.2, -0.15) is 0 Å². The number of benzene rings is 1. The monoisotopic (exact) mass is 387 g/mol. The summed E-state index contributed by atoms with van der Waals surface area (Å²) in [6, 6.07) is 6.17. The van der Waals surface area contributed by atoms with Crippen LogP contribution >= 0.6 is 0 Å². The average molecular weight is 387 g/mol. The predicted octanol–water partition coefficient (Wildman–Crippen LogP) is 1.78. The molecule has 28 heavy (non-hydrogen) atoms. The number of rotatable bonds is 9. The molecule has 8 heteroatoms. The van der Waals surface area contributed by atoms with Crippen molar-refractivity contribution in [1.29, 1.82) is 0 Å². The zero-order valence-corrected chi connectivity index (χ0v) is 16.8. The van der Waals surface area contributed by atoms with Crippen molar-refractivity contribution >= 4 is 28.8 Å². The number of fused-ring (bicyclic) bond motifs is 1. The van der Waals surface area contributed by atoms with Crippen LogP contribution in [0.2, 0.25) is 0 Å². The lowest BCUT2D eigenvalue weighted by atomic mass is 10.0. The molecular weight excluding hydrogens is 358 g/mol. The van der Waals surface area contributed by atoms with E-state index in [1.54, 1.807) is 0 Å². The number of carbonyl (C=O) groups excluding carboxylic acids is 3. The second kappa shape index (κ2) is 9.34. The lowest BCUT2D eigenvalue weighted by Gasteiger charge is -2.24. The molecule has 0 radical (unpaired) electrons. The molecule has 0 unspecified atom stereocenters. The highest BCUT2D eigenvalue weighted by Crippen LogP contribution is 2.22. The molecule has 8 nitrogen and oxygen atoms in total. The smallest absolute Gasteiger partial charge is 0.243 e. The number of primary amides is 1. The summed E-state index contributed by atoms with van der Waals surface area (Å²) in [5, 5.41) is 5.52. The van der Waals surface area contributed by atoms with Crippen LogP contribution in [-0.4, -0.2) is 33.7 Å². The highest BCUT2D eigenvalue weighted by atomic mass is 16.2. The molecule has 0 aliphatic heterocycles. The molecule has 0 saturated heterocycles. The number of aromatic amines is 1. The molecule has 0 spiro atoms. The highest BCUT2D eigenvalue weighted by molar-refractivity contribution is 5.92. The second-order valence-electron chi connectivity index (χ2n) is 7.76. The first-order chi connectivity index (χ1) is 13.2. The zero-order chi connectivity index (χ0) is 20.8. The lowest BCUT2D eigenvalue weighted by Crippen LogP contribution is -2.50. The fraction of sp³-hybridized carbons (Fsp3) is 0.500. The molecule has 152 valence electrons. The van der Waals surface area contributed by atoms with E-state index in [2.05, 4.69) is 20.6 Å². The van der Waals surface area contributed by atoms with Crippen LogP contribution in [0.25, 0.3) is 11.0 Å². The summed E-state index contributed by atoms with van der Waals surface area (Å²) >= 11 is 0. The molecule has 2 aromatic rings. The Balaban J connectivity index is 2.19. The van der Waals surface area contributed by atoms with Gasteiger partial charge in [-0.15, -0.1) is 0 Å². The molecule has 0 bridgehead atoms. The second-order valence-corrected chi connectivity index (χ2v) is 7.76. The molecule has 2 rings (SSSR count). The molecule has 0 aliphatic rings. The van der Waals surface area contributed by atoms with Gasteiger partial charge in [-0.1, -0.05) is 39.8 Å². The summed E-state index contributed by atoms with van der Waals surface area (Å²) in [6.07, 6.45) is 0.000336. The summed E-state index contributed by atoms with van der Waals surface area (Å²) in [5.41, 5.74) is 6.95. The number of hydrogen-bond donors (Lipinski definition) is 4. The van der Waals surface area contributed by atoms with E-state index in [-0.39, 0.29) is 30.6 Å². The molecular formula is C20H29N5O3. The van der Waals surface area contributed by atoms with E-state index >= 15 is 0 Å². The summed E-state index contributed by atoms with van der Waals surface area (Å²) < 4.78 is 0. The maximum atomic E-state index is 12.8. The van der Waals surface area contributed by atoms with E-state index in [4.69, 9.17) is 5.73 Å². The first-order valence-corrected chi connectivity index (χ1v) is 9.50. The molecule has 2 atom stereocenters. The van der Waals surface area contributed by atoms with Gasteiger partial charge >= 0.3 is 0 Å². The van der Waals surface area contributed by atoms with E-state index < -0.39 is 23.9 Å². The fourth-order valence-corrected chi connectivity index (χ4v) is 2.96. The van der Waals surface area contributed by atoms with E-state index in [9.17, 15) is 14.4 Å². The van der Waals surface area contributed by atoms with Crippen LogP contribution in [0, 0.1) is 11.8 Å². The third kappa shape index (κ3) is 5.80. The molecule has 0 aliphatic carbocycles. The molecule has 1 aromatic carbocycles. The van der Waals surface area contributed by atoms with Crippen molar-refractivity contribution in [2.45, 2.75) is 52.6 Å². The largest absolute Gasteiger partial charge is 0.370 e. The zero-order valence-electron chi connectivity index (χ0n) is 16.8. The molecule has 3 amide bonds. The Morgan fingerprint density at radius 1 is 1.07 bits per heavy atom. The van der Waals surface area contributed by atoms with E-state index in [1.807, 2.05) is 52.0 Å². The molecule has 0 fully saturated rings. The van der Waals surface area contributed by atoms with E-state index in [0.29, 0.717) is 5.82 Å². The number of aromatic nitrogens is 2. The summed E-state index contributed by atoms with van der Waals surface area (Å²) in [7, 11) is 0. The third-order valence-corrected chi connectivity index (χ3v) is 4.32. The van der Waals surface area contributed by atoms with Crippen molar-refractivity contribution in [3.63, 3.8) is 0 Å². The maximum Gasteiger partial charge on any atom is 0.243 e. The number of imidazole rings is 1. The first-order valence-electron chi connectivity index (χ1n) is 9.50. The van der Waals surface area contributed by atoms with Crippen molar-refractivity contribution in [3.05, 3.63) is 30.1 Å². The van der Waals surface area contributed by atoms with Gasteiger partial charge in [0.05, 0.1) is 23.5 Å². The third-order valence-electron chi connectivity index (χ3n) is 4.32. The van der Waals surface area contributed by atoms with Gasteiger partial charge in [0.25, 0.3) is 0 Å².